The van der Waals surface area contributed by atoms with E-state index in [1.807, 2.05) is 0 Å². The van der Waals surface area contributed by atoms with Gasteiger partial charge < -0.3 is 14.4 Å². The largest absolute Gasteiger partial charge is 0.379 e. The lowest BCUT2D eigenvalue weighted by atomic mass is 10.0. The van der Waals surface area contributed by atoms with E-state index in [-0.39, 0.29) is 6.10 Å². The Kier molecular flexibility index (Phi) is 5.31. The Hall–Kier alpha value is -1.88. The number of para-hydroxylation sites is 1. The lowest BCUT2D eigenvalue weighted by Gasteiger charge is -2.35. The molecule has 2 fully saturated rings. The van der Waals surface area contributed by atoms with Gasteiger partial charge in [-0.15, -0.1) is 0 Å². The van der Waals surface area contributed by atoms with Crippen LogP contribution in [0.2, 0.25) is 0 Å². The first-order valence-corrected chi connectivity index (χ1v) is 9.19. The molecule has 2 heterocycles. The van der Waals surface area contributed by atoms with Crippen molar-refractivity contribution in [3.8, 4) is 0 Å². The molecule has 2 saturated heterocycles. The molecule has 0 aromatic heterocycles. The third kappa shape index (κ3) is 4.21. The lowest BCUT2D eigenvalue weighted by molar-refractivity contribution is 0.0335. The van der Waals surface area contributed by atoms with Gasteiger partial charge in [0, 0.05) is 38.4 Å². The Balaban J connectivity index is 1.44. The van der Waals surface area contributed by atoms with Crippen molar-refractivity contribution in [3.63, 3.8) is 0 Å². The van der Waals surface area contributed by atoms with Gasteiger partial charge in [-0.1, -0.05) is 42.5 Å². The summed E-state index contributed by atoms with van der Waals surface area (Å²) in [6.45, 7) is 7.35. The minimum absolute atomic E-state index is 0.138. The van der Waals surface area contributed by atoms with Crippen molar-refractivity contribution in [2.75, 3.05) is 50.9 Å². The molecule has 2 aliphatic heterocycles. The number of nitrogens with zero attached hydrogens (tertiary/aromatic N) is 2. The van der Waals surface area contributed by atoms with Crippen LogP contribution in [0.1, 0.15) is 17.2 Å². The number of benzene rings is 2. The maximum Gasteiger partial charge on any atom is 0.100 e. The highest BCUT2D eigenvalue weighted by Crippen LogP contribution is 2.26. The highest BCUT2D eigenvalue weighted by molar-refractivity contribution is 5.47. The fourth-order valence-electron chi connectivity index (χ4n) is 3.63. The van der Waals surface area contributed by atoms with Crippen molar-refractivity contribution in [1.29, 1.82) is 0 Å². The van der Waals surface area contributed by atoms with Crippen LogP contribution in [0, 0.1) is 0 Å². The Labute approximate surface area is 150 Å². The number of hydrogen-bond donors (Lipinski definition) is 0. The lowest BCUT2D eigenvalue weighted by Crippen LogP contribution is -2.38. The van der Waals surface area contributed by atoms with E-state index in [1.165, 1.54) is 16.8 Å². The normalized spacial score (nSPS) is 22.1. The van der Waals surface area contributed by atoms with Gasteiger partial charge in [0.05, 0.1) is 19.8 Å². The van der Waals surface area contributed by atoms with Crippen molar-refractivity contribution in [1.82, 2.24) is 4.90 Å². The van der Waals surface area contributed by atoms with Gasteiger partial charge in [0.25, 0.3) is 0 Å². The second-order valence-corrected chi connectivity index (χ2v) is 6.77. The molecule has 0 bridgehead atoms. The molecule has 0 amide bonds. The van der Waals surface area contributed by atoms with Crippen LogP contribution in [0.15, 0.2) is 54.6 Å². The smallest absolute Gasteiger partial charge is 0.100 e. The zero-order chi connectivity index (χ0) is 16.9. The van der Waals surface area contributed by atoms with Gasteiger partial charge in [-0.3, -0.25) is 4.90 Å². The van der Waals surface area contributed by atoms with Crippen molar-refractivity contribution in [3.05, 3.63) is 65.7 Å². The Morgan fingerprint density at radius 2 is 1.72 bits per heavy atom. The molecule has 2 aromatic carbocycles. The van der Waals surface area contributed by atoms with Gasteiger partial charge in [-0.25, -0.2) is 0 Å². The van der Waals surface area contributed by atoms with E-state index in [0.717, 1.165) is 52.5 Å². The van der Waals surface area contributed by atoms with Crippen LogP contribution in [-0.4, -0.2) is 50.9 Å². The predicted molar refractivity (Wildman–Crippen MR) is 99.9 cm³/mol. The molecule has 0 aliphatic carbocycles. The summed E-state index contributed by atoms with van der Waals surface area (Å²) in [5.74, 6) is 0. The average Bonchev–Trinajstić information content (AvgIpc) is 2.70. The number of morpholine rings is 2. The fourth-order valence-corrected chi connectivity index (χ4v) is 3.63. The van der Waals surface area contributed by atoms with Crippen LogP contribution in [-0.2, 0) is 16.0 Å². The summed E-state index contributed by atoms with van der Waals surface area (Å²) in [7, 11) is 0. The minimum Gasteiger partial charge on any atom is -0.379 e. The molecule has 25 heavy (non-hydrogen) atoms. The van der Waals surface area contributed by atoms with Gasteiger partial charge in [0.15, 0.2) is 0 Å². The predicted octanol–water partition coefficient (Wildman–Crippen LogP) is 3.10. The van der Waals surface area contributed by atoms with Gasteiger partial charge in [-0.05, 0) is 23.3 Å². The monoisotopic (exact) mass is 338 g/mol. The first kappa shape index (κ1) is 16.6. The minimum atomic E-state index is 0.138. The van der Waals surface area contributed by atoms with Crippen molar-refractivity contribution in [2.45, 2.75) is 12.6 Å². The molecule has 0 radical (unpaired) electrons. The maximum atomic E-state index is 6.09. The molecule has 0 N–H and O–H groups in total. The molecule has 2 aromatic rings. The summed E-state index contributed by atoms with van der Waals surface area (Å²) in [6, 6.07) is 19.5. The van der Waals surface area contributed by atoms with E-state index < -0.39 is 0 Å². The summed E-state index contributed by atoms with van der Waals surface area (Å²) in [6.07, 6.45) is 0.138. The molecule has 4 heteroatoms. The third-order valence-corrected chi connectivity index (χ3v) is 5.02. The molecule has 132 valence electrons. The summed E-state index contributed by atoms with van der Waals surface area (Å²) in [5, 5.41) is 0. The van der Waals surface area contributed by atoms with Crippen molar-refractivity contribution < 1.29 is 9.47 Å². The number of rotatable bonds is 4. The van der Waals surface area contributed by atoms with Crippen LogP contribution in [0.4, 0.5) is 5.69 Å². The zero-order valence-electron chi connectivity index (χ0n) is 14.6. The van der Waals surface area contributed by atoms with Crippen LogP contribution < -0.4 is 4.90 Å². The van der Waals surface area contributed by atoms with E-state index in [0.29, 0.717) is 0 Å². The summed E-state index contributed by atoms with van der Waals surface area (Å²) < 4.78 is 11.5. The van der Waals surface area contributed by atoms with Gasteiger partial charge in [-0.2, -0.15) is 0 Å². The topological polar surface area (TPSA) is 24.9 Å². The van der Waals surface area contributed by atoms with Crippen LogP contribution in [0.25, 0.3) is 0 Å². The zero-order valence-corrected chi connectivity index (χ0v) is 14.6. The molecule has 2 aliphatic rings. The molecule has 1 atom stereocenters. The molecular weight excluding hydrogens is 312 g/mol. The first-order valence-electron chi connectivity index (χ1n) is 9.19. The number of anilines is 1. The van der Waals surface area contributed by atoms with Gasteiger partial charge >= 0.3 is 0 Å². The molecule has 0 spiro atoms. The third-order valence-electron chi connectivity index (χ3n) is 5.02. The fraction of sp³-hybridized carbons (Fsp3) is 0.429. The van der Waals surface area contributed by atoms with Gasteiger partial charge in [0.2, 0.25) is 0 Å². The molecule has 1 unspecified atom stereocenters. The molecule has 0 saturated carbocycles. The van der Waals surface area contributed by atoms with Crippen LogP contribution in [0.5, 0.6) is 0 Å². The summed E-state index contributed by atoms with van der Waals surface area (Å²) >= 11 is 0. The van der Waals surface area contributed by atoms with E-state index in [2.05, 4.69) is 64.4 Å². The molecule has 4 rings (SSSR count). The Morgan fingerprint density at radius 1 is 0.880 bits per heavy atom. The molecular formula is C21H26N2O2. The van der Waals surface area contributed by atoms with E-state index in [9.17, 15) is 0 Å². The standard InChI is InChI=1S/C21H26N2O2/c1-2-7-20(8-3-1)23-11-14-25-21(17-23)19-6-4-5-18(15-19)16-22-9-12-24-13-10-22/h1-8,15,21H,9-14,16-17H2. The average molecular weight is 338 g/mol. The quantitative estimate of drug-likeness (QED) is 0.855. The van der Waals surface area contributed by atoms with E-state index in [1.54, 1.807) is 0 Å². The highest BCUT2D eigenvalue weighted by atomic mass is 16.5. The number of hydrogen-bond acceptors (Lipinski definition) is 4. The van der Waals surface area contributed by atoms with E-state index >= 15 is 0 Å². The number of ether oxygens (including phenoxy) is 2. The van der Waals surface area contributed by atoms with Crippen molar-refractivity contribution >= 4 is 5.69 Å². The molecule has 4 nitrogen and oxygen atoms in total. The maximum absolute atomic E-state index is 6.09. The SMILES string of the molecule is c1ccc(N2CCOC(c3cccc(CN4CCOCC4)c3)C2)cc1. The second-order valence-electron chi connectivity index (χ2n) is 6.77. The second kappa shape index (κ2) is 8.00. The Bertz CT molecular complexity index is 671. The first-order chi connectivity index (χ1) is 12.4. The highest BCUT2D eigenvalue weighted by Gasteiger charge is 2.22. The van der Waals surface area contributed by atoms with Gasteiger partial charge in [0.1, 0.15) is 6.10 Å². The van der Waals surface area contributed by atoms with Crippen molar-refractivity contribution in [2.24, 2.45) is 0 Å². The summed E-state index contributed by atoms with van der Waals surface area (Å²) in [4.78, 5) is 4.88. The van der Waals surface area contributed by atoms with Crippen LogP contribution in [0.3, 0.4) is 0 Å². The summed E-state index contributed by atoms with van der Waals surface area (Å²) in [5.41, 5.74) is 3.92. The Morgan fingerprint density at radius 3 is 2.56 bits per heavy atom. The van der Waals surface area contributed by atoms with E-state index in [4.69, 9.17) is 9.47 Å². The van der Waals surface area contributed by atoms with Crippen LogP contribution >= 0.6 is 0 Å².